The Morgan fingerprint density at radius 1 is 1.10 bits per heavy atom. The van der Waals surface area contributed by atoms with E-state index in [-0.39, 0.29) is 17.2 Å². The lowest BCUT2D eigenvalue weighted by Crippen LogP contribution is -2.26. The van der Waals surface area contributed by atoms with E-state index in [1.807, 2.05) is 25.1 Å². The van der Waals surface area contributed by atoms with E-state index in [9.17, 15) is 14.4 Å². The number of fused-ring (bicyclic) bond motifs is 1. The summed E-state index contributed by atoms with van der Waals surface area (Å²) in [6.45, 7) is 8.56. The summed E-state index contributed by atoms with van der Waals surface area (Å²) in [5.74, 6) is -0.375. The zero-order valence-corrected chi connectivity index (χ0v) is 25.1. The monoisotopic (exact) mass is 584 g/mol. The molecule has 1 aliphatic carbocycles. The van der Waals surface area contributed by atoms with E-state index in [1.165, 1.54) is 30.2 Å². The van der Waals surface area contributed by atoms with Crippen molar-refractivity contribution >= 4 is 63.2 Å². The molecule has 6 nitrogen and oxygen atoms in total. The van der Waals surface area contributed by atoms with Gasteiger partial charge in [0.05, 0.1) is 17.9 Å². The largest absolute Gasteiger partial charge is 0.465 e. The molecule has 2 aromatic carbocycles. The Morgan fingerprint density at radius 3 is 2.54 bits per heavy atom. The van der Waals surface area contributed by atoms with E-state index < -0.39 is 11.2 Å². The number of anilines is 2. The second-order valence-electron chi connectivity index (χ2n) is 10.7. The molecule has 0 spiro atoms. The molecular formula is C30H33ClN2O4S2. The number of halogens is 1. The molecule has 0 fully saturated rings. The van der Waals surface area contributed by atoms with Crippen LogP contribution in [0, 0.1) is 11.3 Å². The van der Waals surface area contributed by atoms with E-state index in [0.29, 0.717) is 32.8 Å². The first-order valence-electron chi connectivity index (χ1n) is 12.8. The highest BCUT2D eigenvalue weighted by Gasteiger charge is 2.34. The Balaban J connectivity index is 1.46. The smallest absolute Gasteiger partial charge is 0.341 e. The highest BCUT2D eigenvalue weighted by molar-refractivity contribution is 8.00. The van der Waals surface area contributed by atoms with Crippen LogP contribution in [-0.4, -0.2) is 30.1 Å². The Bertz CT molecular complexity index is 1400. The van der Waals surface area contributed by atoms with Crippen LogP contribution in [0.2, 0.25) is 5.02 Å². The van der Waals surface area contributed by atoms with Gasteiger partial charge in [-0.1, -0.05) is 44.5 Å². The van der Waals surface area contributed by atoms with Crippen LogP contribution in [0.25, 0.3) is 0 Å². The van der Waals surface area contributed by atoms with Gasteiger partial charge in [0, 0.05) is 26.0 Å². The summed E-state index contributed by atoms with van der Waals surface area (Å²) in [6, 6.07) is 14.1. The Labute approximate surface area is 242 Å². The van der Waals surface area contributed by atoms with Crippen LogP contribution in [0.1, 0.15) is 65.3 Å². The first kappa shape index (κ1) is 29.2. The van der Waals surface area contributed by atoms with Crippen molar-refractivity contribution in [2.45, 2.75) is 57.1 Å². The van der Waals surface area contributed by atoms with Crippen molar-refractivity contribution in [3.05, 3.63) is 75.1 Å². The standard InChI is InChI=1S/C30H33ClN2O4S2/c1-17(38-22-11-7-10-21(16-22)32-27(35)18-8-6-9-20(31)14-18)26(34)33-28-25(29(36)37-5)23-13-12-19(30(2,3)4)15-24(23)39-28/h6-11,14,16-17,19H,12-13,15H2,1-5H3,(H,32,35)(H,33,34). The molecule has 1 heterocycles. The van der Waals surface area contributed by atoms with Gasteiger partial charge in [-0.25, -0.2) is 4.79 Å². The van der Waals surface area contributed by atoms with Gasteiger partial charge in [-0.2, -0.15) is 0 Å². The Hall–Kier alpha value is -2.81. The minimum atomic E-state index is -0.448. The first-order valence-corrected chi connectivity index (χ1v) is 14.9. The summed E-state index contributed by atoms with van der Waals surface area (Å²) in [5.41, 5.74) is 2.74. The number of hydrogen-bond acceptors (Lipinski definition) is 6. The average Bonchev–Trinajstić information content (AvgIpc) is 3.25. The van der Waals surface area contributed by atoms with Crippen LogP contribution < -0.4 is 10.6 Å². The number of carbonyl (C=O) groups excluding carboxylic acids is 3. The van der Waals surface area contributed by atoms with E-state index in [4.69, 9.17) is 16.3 Å². The zero-order chi connectivity index (χ0) is 28.3. The number of thioether (sulfide) groups is 1. The van der Waals surface area contributed by atoms with E-state index in [2.05, 4.69) is 31.4 Å². The molecule has 3 aromatic rings. The average molecular weight is 585 g/mol. The SMILES string of the molecule is COC(=O)c1c(NC(=O)C(C)Sc2cccc(NC(=O)c3cccc(Cl)c3)c2)sc2c1CCC(C(C)(C)C)C2. The summed E-state index contributed by atoms with van der Waals surface area (Å²) in [5, 5.41) is 6.48. The van der Waals surface area contributed by atoms with Gasteiger partial charge in [0.1, 0.15) is 5.00 Å². The number of ether oxygens (including phenoxy) is 1. The lowest BCUT2D eigenvalue weighted by molar-refractivity contribution is -0.115. The maximum absolute atomic E-state index is 13.2. The Kier molecular flexibility index (Phi) is 9.09. The lowest BCUT2D eigenvalue weighted by Gasteiger charge is -2.33. The minimum Gasteiger partial charge on any atom is -0.465 e. The first-order chi connectivity index (χ1) is 18.5. The van der Waals surface area contributed by atoms with Gasteiger partial charge in [-0.05, 0) is 79.5 Å². The van der Waals surface area contributed by atoms with Crippen molar-refractivity contribution in [1.82, 2.24) is 0 Å². The molecule has 206 valence electrons. The van der Waals surface area contributed by atoms with Gasteiger partial charge < -0.3 is 15.4 Å². The van der Waals surface area contributed by atoms with Crippen molar-refractivity contribution in [3.63, 3.8) is 0 Å². The van der Waals surface area contributed by atoms with E-state index in [1.54, 1.807) is 30.3 Å². The van der Waals surface area contributed by atoms with Gasteiger partial charge in [0.25, 0.3) is 5.91 Å². The van der Waals surface area contributed by atoms with Gasteiger partial charge in [0.2, 0.25) is 5.91 Å². The van der Waals surface area contributed by atoms with Crippen molar-refractivity contribution in [3.8, 4) is 0 Å². The molecule has 9 heteroatoms. The highest BCUT2D eigenvalue weighted by atomic mass is 35.5. The zero-order valence-electron chi connectivity index (χ0n) is 22.7. The summed E-state index contributed by atoms with van der Waals surface area (Å²) < 4.78 is 5.09. The third-order valence-corrected chi connectivity index (χ3v) is 9.48. The number of benzene rings is 2. The number of nitrogens with one attached hydrogen (secondary N) is 2. The molecule has 1 aliphatic rings. The molecule has 39 heavy (non-hydrogen) atoms. The predicted octanol–water partition coefficient (Wildman–Crippen LogP) is 7.71. The number of thiophene rings is 1. The number of esters is 1. The van der Waals surface area contributed by atoms with Crippen molar-refractivity contribution in [2.24, 2.45) is 11.3 Å². The highest BCUT2D eigenvalue weighted by Crippen LogP contribution is 2.44. The number of carbonyl (C=O) groups is 3. The van der Waals surface area contributed by atoms with Crippen LogP contribution in [0.5, 0.6) is 0 Å². The summed E-state index contributed by atoms with van der Waals surface area (Å²) >= 11 is 8.86. The molecule has 0 saturated heterocycles. The molecule has 0 saturated carbocycles. The molecule has 0 radical (unpaired) electrons. The third-order valence-electron chi connectivity index (χ3n) is 6.98. The van der Waals surface area contributed by atoms with Crippen LogP contribution >= 0.6 is 34.7 Å². The van der Waals surface area contributed by atoms with Crippen molar-refractivity contribution < 1.29 is 19.1 Å². The van der Waals surface area contributed by atoms with E-state index >= 15 is 0 Å². The molecule has 2 atom stereocenters. The fraction of sp³-hybridized carbons (Fsp3) is 0.367. The van der Waals surface area contributed by atoms with Crippen LogP contribution in [-0.2, 0) is 22.4 Å². The molecule has 2 amide bonds. The van der Waals surface area contributed by atoms with Gasteiger partial charge in [-0.3, -0.25) is 9.59 Å². The summed E-state index contributed by atoms with van der Waals surface area (Å²) in [6.07, 6.45) is 2.69. The van der Waals surface area contributed by atoms with Crippen molar-refractivity contribution in [1.29, 1.82) is 0 Å². The van der Waals surface area contributed by atoms with Gasteiger partial charge in [-0.15, -0.1) is 23.1 Å². The van der Waals surface area contributed by atoms with Crippen LogP contribution in [0.4, 0.5) is 10.7 Å². The molecule has 0 aliphatic heterocycles. The van der Waals surface area contributed by atoms with Gasteiger partial charge in [0.15, 0.2) is 0 Å². The van der Waals surface area contributed by atoms with Crippen LogP contribution in [0.3, 0.4) is 0 Å². The normalized spacial score (nSPS) is 15.7. The second-order valence-corrected chi connectivity index (χ2v) is 13.7. The molecule has 2 unspecified atom stereocenters. The fourth-order valence-electron chi connectivity index (χ4n) is 4.68. The lowest BCUT2D eigenvalue weighted by atomic mass is 9.72. The molecule has 0 bridgehead atoms. The predicted molar refractivity (Wildman–Crippen MR) is 160 cm³/mol. The molecule has 4 rings (SSSR count). The maximum atomic E-state index is 13.2. The number of methoxy groups -OCH3 is 1. The quantitative estimate of drug-likeness (QED) is 0.219. The van der Waals surface area contributed by atoms with E-state index in [0.717, 1.165) is 34.6 Å². The topological polar surface area (TPSA) is 84.5 Å². The molecule has 1 aromatic heterocycles. The number of rotatable bonds is 7. The molecule has 2 N–H and O–H groups in total. The summed E-state index contributed by atoms with van der Waals surface area (Å²) in [7, 11) is 1.37. The summed E-state index contributed by atoms with van der Waals surface area (Å²) in [4.78, 5) is 40.5. The molecular weight excluding hydrogens is 552 g/mol. The second kappa shape index (κ2) is 12.1. The number of amides is 2. The van der Waals surface area contributed by atoms with Gasteiger partial charge >= 0.3 is 5.97 Å². The van der Waals surface area contributed by atoms with Crippen molar-refractivity contribution in [2.75, 3.05) is 17.7 Å². The third kappa shape index (κ3) is 7.04. The Morgan fingerprint density at radius 2 is 1.85 bits per heavy atom. The number of hydrogen-bond donors (Lipinski definition) is 2. The maximum Gasteiger partial charge on any atom is 0.341 e. The van der Waals surface area contributed by atoms with Crippen LogP contribution in [0.15, 0.2) is 53.4 Å². The minimum absolute atomic E-state index is 0.170. The fourth-order valence-corrected chi connectivity index (χ4v) is 7.12.